The fourth-order valence-corrected chi connectivity index (χ4v) is 1.51. The largest absolute Gasteiger partial charge is 0.437 e. The van der Waals surface area contributed by atoms with Gasteiger partial charge < -0.3 is 10.5 Å². The third kappa shape index (κ3) is 2.79. The summed E-state index contributed by atoms with van der Waals surface area (Å²) in [7, 11) is 0. The van der Waals surface area contributed by atoms with E-state index in [0.717, 1.165) is 23.4 Å². The maximum Gasteiger partial charge on any atom is 0.237 e. The van der Waals surface area contributed by atoms with E-state index in [0.29, 0.717) is 12.4 Å². The topological polar surface area (TPSA) is 61.0 Å². The summed E-state index contributed by atoms with van der Waals surface area (Å²) >= 11 is 0. The third-order valence-corrected chi connectivity index (χ3v) is 2.46. The minimum atomic E-state index is 0.388. The van der Waals surface area contributed by atoms with E-state index in [2.05, 4.69) is 16.9 Å². The number of benzene rings is 1. The van der Waals surface area contributed by atoms with Crippen molar-refractivity contribution in [2.45, 2.75) is 19.9 Å². The zero-order valence-corrected chi connectivity index (χ0v) is 9.76. The van der Waals surface area contributed by atoms with Gasteiger partial charge in [0.15, 0.2) is 0 Å². The molecule has 0 radical (unpaired) electrons. The Kier molecular flexibility index (Phi) is 3.67. The molecular formula is C13H15N3O. The Balaban J connectivity index is 2.19. The monoisotopic (exact) mass is 229 g/mol. The van der Waals surface area contributed by atoms with Crippen LogP contribution in [0.15, 0.2) is 36.7 Å². The number of aryl methyl sites for hydroxylation is 1. The molecule has 88 valence electrons. The van der Waals surface area contributed by atoms with Gasteiger partial charge in [-0.05, 0) is 18.1 Å². The fourth-order valence-electron chi connectivity index (χ4n) is 1.51. The van der Waals surface area contributed by atoms with Crippen LogP contribution in [0.5, 0.6) is 11.6 Å². The van der Waals surface area contributed by atoms with E-state index >= 15 is 0 Å². The molecule has 0 fully saturated rings. The van der Waals surface area contributed by atoms with Crippen LogP contribution in [-0.4, -0.2) is 9.97 Å². The molecule has 0 saturated heterocycles. The van der Waals surface area contributed by atoms with Crippen LogP contribution in [0.1, 0.15) is 18.2 Å². The van der Waals surface area contributed by atoms with E-state index < -0.39 is 0 Å². The van der Waals surface area contributed by atoms with Crippen LogP contribution in [0.25, 0.3) is 0 Å². The van der Waals surface area contributed by atoms with Crippen LogP contribution in [0.4, 0.5) is 0 Å². The Morgan fingerprint density at radius 1 is 1.18 bits per heavy atom. The van der Waals surface area contributed by atoms with Gasteiger partial charge in [-0.3, -0.25) is 4.98 Å². The SMILES string of the molecule is CCc1ccccc1Oc1cnc(CN)cn1. The van der Waals surface area contributed by atoms with Gasteiger partial charge in [-0.2, -0.15) is 0 Å². The Labute approximate surface area is 100 Å². The summed E-state index contributed by atoms with van der Waals surface area (Å²) in [5, 5.41) is 0. The molecule has 2 N–H and O–H groups in total. The van der Waals surface area contributed by atoms with Crippen molar-refractivity contribution in [3.8, 4) is 11.6 Å². The molecule has 4 heteroatoms. The first-order chi connectivity index (χ1) is 8.33. The number of rotatable bonds is 4. The molecule has 1 aromatic carbocycles. The van der Waals surface area contributed by atoms with Gasteiger partial charge in [-0.25, -0.2) is 4.98 Å². The number of hydrogen-bond donors (Lipinski definition) is 1. The van der Waals surface area contributed by atoms with E-state index in [-0.39, 0.29) is 0 Å². The van der Waals surface area contributed by atoms with E-state index in [1.807, 2.05) is 24.3 Å². The lowest BCUT2D eigenvalue weighted by Gasteiger charge is -2.08. The standard InChI is InChI=1S/C13H15N3O/c1-2-10-5-3-4-6-12(10)17-13-9-15-11(7-14)8-16-13/h3-6,8-9H,2,7,14H2,1H3. The van der Waals surface area contributed by atoms with E-state index in [4.69, 9.17) is 10.5 Å². The molecule has 0 bridgehead atoms. The predicted octanol–water partition coefficient (Wildman–Crippen LogP) is 2.29. The van der Waals surface area contributed by atoms with Crippen molar-refractivity contribution in [3.63, 3.8) is 0 Å². The van der Waals surface area contributed by atoms with E-state index in [1.54, 1.807) is 12.4 Å². The number of para-hydroxylation sites is 1. The molecule has 2 aromatic rings. The molecule has 2 rings (SSSR count). The van der Waals surface area contributed by atoms with Crippen LogP contribution in [-0.2, 0) is 13.0 Å². The van der Waals surface area contributed by atoms with Gasteiger partial charge in [0.25, 0.3) is 0 Å². The van der Waals surface area contributed by atoms with E-state index in [1.165, 1.54) is 0 Å². The molecule has 17 heavy (non-hydrogen) atoms. The number of hydrogen-bond acceptors (Lipinski definition) is 4. The number of ether oxygens (including phenoxy) is 1. The predicted molar refractivity (Wildman–Crippen MR) is 65.8 cm³/mol. The lowest BCUT2D eigenvalue weighted by atomic mass is 10.1. The van der Waals surface area contributed by atoms with Crippen molar-refractivity contribution in [1.29, 1.82) is 0 Å². The van der Waals surface area contributed by atoms with Gasteiger partial charge in [-0.1, -0.05) is 25.1 Å². The Bertz CT molecular complexity index is 482. The van der Waals surface area contributed by atoms with Gasteiger partial charge in [0.05, 0.1) is 18.1 Å². The van der Waals surface area contributed by atoms with Crippen molar-refractivity contribution in [2.24, 2.45) is 5.73 Å². The summed E-state index contributed by atoms with van der Waals surface area (Å²) in [5.41, 5.74) is 7.36. The first-order valence-electron chi connectivity index (χ1n) is 5.60. The molecule has 4 nitrogen and oxygen atoms in total. The summed E-state index contributed by atoms with van der Waals surface area (Å²) in [6.45, 7) is 2.48. The highest BCUT2D eigenvalue weighted by molar-refractivity contribution is 5.35. The van der Waals surface area contributed by atoms with Gasteiger partial charge in [0.1, 0.15) is 5.75 Å². The van der Waals surface area contributed by atoms with Gasteiger partial charge in [-0.15, -0.1) is 0 Å². The van der Waals surface area contributed by atoms with Crippen LogP contribution < -0.4 is 10.5 Å². The molecule has 0 aliphatic carbocycles. The lowest BCUT2D eigenvalue weighted by molar-refractivity contribution is 0.454. The Hall–Kier alpha value is -1.94. The highest BCUT2D eigenvalue weighted by Gasteiger charge is 2.03. The average molecular weight is 229 g/mol. The fraction of sp³-hybridized carbons (Fsp3) is 0.231. The Morgan fingerprint density at radius 2 is 2.00 bits per heavy atom. The summed E-state index contributed by atoms with van der Waals surface area (Å²) < 4.78 is 5.69. The molecule has 0 atom stereocenters. The minimum Gasteiger partial charge on any atom is -0.437 e. The molecule has 0 unspecified atom stereocenters. The van der Waals surface area contributed by atoms with Crippen molar-refractivity contribution in [1.82, 2.24) is 9.97 Å². The Morgan fingerprint density at radius 3 is 2.65 bits per heavy atom. The smallest absolute Gasteiger partial charge is 0.237 e. The summed E-state index contributed by atoms with van der Waals surface area (Å²) in [5.74, 6) is 1.31. The molecule has 0 amide bonds. The molecule has 1 aromatic heterocycles. The molecule has 0 aliphatic heterocycles. The molecule has 0 spiro atoms. The van der Waals surface area contributed by atoms with Crippen molar-refractivity contribution in [2.75, 3.05) is 0 Å². The average Bonchev–Trinajstić information content (AvgIpc) is 2.40. The summed E-state index contributed by atoms with van der Waals surface area (Å²) in [4.78, 5) is 8.29. The number of nitrogens with two attached hydrogens (primary N) is 1. The number of aromatic nitrogens is 2. The van der Waals surface area contributed by atoms with Crippen molar-refractivity contribution in [3.05, 3.63) is 47.9 Å². The first-order valence-corrected chi connectivity index (χ1v) is 5.60. The lowest BCUT2D eigenvalue weighted by Crippen LogP contribution is -2.01. The number of nitrogens with zero attached hydrogens (tertiary/aromatic N) is 2. The van der Waals surface area contributed by atoms with Gasteiger partial charge in [0.2, 0.25) is 5.88 Å². The molecule has 1 heterocycles. The van der Waals surface area contributed by atoms with Gasteiger partial charge >= 0.3 is 0 Å². The zero-order chi connectivity index (χ0) is 12.1. The highest BCUT2D eigenvalue weighted by Crippen LogP contribution is 2.23. The van der Waals surface area contributed by atoms with Crippen molar-refractivity contribution < 1.29 is 4.74 Å². The summed E-state index contributed by atoms with van der Waals surface area (Å²) in [6, 6.07) is 7.90. The highest BCUT2D eigenvalue weighted by atomic mass is 16.5. The molecule has 0 saturated carbocycles. The summed E-state index contributed by atoms with van der Waals surface area (Å²) in [6.07, 6.45) is 4.14. The maximum atomic E-state index is 5.69. The second kappa shape index (κ2) is 5.41. The van der Waals surface area contributed by atoms with Crippen LogP contribution in [0, 0.1) is 0 Å². The van der Waals surface area contributed by atoms with E-state index in [9.17, 15) is 0 Å². The normalized spacial score (nSPS) is 10.2. The second-order valence-electron chi connectivity index (χ2n) is 3.61. The molecule has 0 aliphatic rings. The van der Waals surface area contributed by atoms with Crippen LogP contribution in [0.3, 0.4) is 0 Å². The first kappa shape index (κ1) is 11.5. The second-order valence-corrected chi connectivity index (χ2v) is 3.61. The van der Waals surface area contributed by atoms with Crippen LogP contribution in [0.2, 0.25) is 0 Å². The van der Waals surface area contributed by atoms with Gasteiger partial charge in [0, 0.05) is 6.54 Å². The van der Waals surface area contributed by atoms with Crippen molar-refractivity contribution >= 4 is 0 Å². The maximum absolute atomic E-state index is 5.69. The van der Waals surface area contributed by atoms with Crippen LogP contribution >= 0.6 is 0 Å². The quantitative estimate of drug-likeness (QED) is 0.873. The molecular weight excluding hydrogens is 214 g/mol. The zero-order valence-electron chi connectivity index (χ0n) is 9.76. The minimum absolute atomic E-state index is 0.388. The third-order valence-electron chi connectivity index (χ3n) is 2.46.